The van der Waals surface area contributed by atoms with Gasteiger partial charge in [-0.25, -0.2) is 4.39 Å². The van der Waals surface area contributed by atoms with E-state index in [2.05, 4.69) is 10.2 Å². The Hall–Kier alpha value is -1.99. The summed E-state index contributed by atoms with van der Waals surface area (Å²) < 4.78 is 13.8. The second-order valence-electron chi connectivity index (χ2n) is 7.92. The molecule has 3 saturated heterocycles. The number of benzene rings is 1. The van der Waals surface area contributed by atoms with Gasteiger partial charge in [-0.2, -0.15) is 0 Å². The van der Waals surface area contributed by atoms with E-state index < -0.39 is 0 Å². The van der Waals surface area contributed by atoms with Gasteiger partial charge in [0.2, 0.25) is 11.8 Å². The van der Waals surface area contributed by atoms with Crippen LogP contribution in [0.3, 0.4) is 0 Å². The molecule has 0 aromatic heterocycles. The lowest BCUT2D eigenvalue weighted by Crippen LogP contribution is -2.49. The summed E-state index contributed by atoms with van der Waals surface area (Å²) in [4.78, 5) is 30.8. The minimum absolute atomic E-state index is 0.0297. The van der Waals surface area contributed by atoms with Gasteiger partial charge in [-0.3, -0.25) is 14.5 Å². The minimum atomic E-state index is -0.275. The van der Waals surface area contributed by atoms with Crippen molar-refractivity contribution in [3.8, 4) is 0 Å². The van der Waals surface area contributed by atoms with Gasteiger partial charge >= 0.3 is 0 Å². The summed E-state index contributed by atoms with van der Waals surface area (Å²) in [6.07, 6.45) is 0. The van der Waals surface area contributed by atoms with E-state index in [0.29, 0.717) is 19.0 Å². The van der Waals surface area contributed by atoms with Crippen LogP contribution in [-0.4, -0.2) is 78.9 Å². The average Bonchev–Trinajstić information content (AvgIpc) is 3.19. The molecule has 0 bridgehead atoms. The van der Waals surface area contributed by atoms with Gasteiger partial charge in [-0.05, 0) is 23.6 Å². The van der Waals surface area contributed by atoms with Crippen molar-refractivity contribution in [1.29, 1.82) is 0 Å². The number of carbonyl (C=O) groups excluding carboxylic acids is 2. The van der Waals surface area contributed by atoms with Gasteiger partial charge in [-0.1, -0.05) is 12.1 Å². The Bertz CT molecular complexity index is 722. The minimum Gasteiger partial charge on any atom is -0.339 e. The van der Waals surface area contributed by atoms with Gasteiger partial charge in [0.25, 0.3) is 0 Å². The monoisotopic (exact) mass is 374 g/mol. The van der Waals surface area contributed by atoms with E-state index >= 15 is 0 Å². The molecule has 146 valence electrons. The second-order valence-corrected chi connectivity index (χ2v) is 7.92. The van der Waals surface area contributed by atoms with Crippen molar-refractivity contribution in [2.75, 3.05) is 52.4 Å². The Morgan fingerprint density at radius 1 is 1.19 bits per heavy atom. The fourth-order valence-corrected chi connectivity index (χ4v) is 4.91. The molecule has 3 aliphatic heterocycles. The van der Waals surface area contributed by atoms with E-state index in [1.54, 1.807) is 13.0 Å². The Balaban J connectivity index is 1.47. The molecule has 3 heterocycles. The zero-order valence-corrected chi connectivity index (χ0v) is 15.7. The number of carbonyl (C=O) groups is 2. The molecule has 1 aromatic rings. The number of nitrogens with zero attached hydrogens (tertiary/aromatic N) is 3. The van der Waals surface area contributed by atoms with Gasteiger partial charge < -0.3 is 15.1 Å². The predicted octanol–water partition coefficient (Wildman–Crippen LogP) is 0.709. The van der Waals surface area contributed by atoms with Crippen molar-refractivity contribution in [1.82, 2.24) is 20.0 Å². The molecule has 3 atom stereocenters. The van der Waals surface area contributed by atoms with Crippen LogP contribution in [0.15, 0.2) is 24.3 Å². The third kappa shape index (κ3) is 3.71. The first kappa shape index (κ1) is 18.4. The summed E-state index contributed by atoms with van der Waals surface area (Å²) in [5.41, 5.74) is 0.855. The summed E-state index contributed by atoms with van der Waals surface area (Å²) in [6.45, 7) is 7.53. The average molecular weight is 374 g/mol. The number of fused-ring (bicyclic) bond motifs is 1. The molecule has 3 aliphatic rings. The highest BCUT2D eigenvalue weighted by Gasteiger charge is 2.48. The van der Waals surface area contributed by atoms with E-state index in [1.165, 1.54) is 12.1 Å². The first-order valence-electron chi connectivity index (χ1n) is 9.76. The zero-order valence-electron chi connectivity index (χ0n) is 15.7. The lowest BCUT2D eigenvalue weighted by molar-refractivity contribution is -0.133. The number of halogens is 1. The second kappa shape index (κ2) is 7.56. The van der Waals surface area contributed by atoms with E-state index in [1.807, 2.05) is 15.9 Å². The maximum atomic E-state index is 13.8. The van der Waals surface area contributed by atoms with Crippen molar-refractivity contribution >= 4 is 11.8 Å². The van der Waals surface area contributed by atoms with Gasteiger partial charge in [0.15, 0.2) is 0 Å². The molecule has 0 unspecified atom stereocenters. The summed E-state index contributed by atoms with van der Waals surface area (Å²) in [7, 11) is 0. The molecule has 27 heavy (non-hydrogen) atoms. The van der Waals surface area contributed by atoms with Crippen LogP contribution in [0.25, 0.3) is 0 Å². The molecule has 6 nitrogen and oxygen atoms in total. The molecule has 4 rings (SSSR count). The highest BCUT2D eigenvalue weighted by molar-refractivity contribution is 5.78. The fraction of sp³-hybridized carbons (Fsp3) is 0.600. The Morgan fingerprint density at radius 2 is 1.96 bits per heavy atom. The van der Waals surface area contributed by atoms with Crippen LogP contribution < -0.4 is 5.32 Å². The highest BCUT2D eigenvalue weighted by Crippen LogP contribution is 2.45. The molecule has 0 aliphatic carbocycles. The molecule has 7 heteroatoms. The Labute approximate surface area is 159 Å². The van der Waals surface area contributed by atoms with Gasteiger partial charge in [0.1, 0.15) is 5.82 Å². The van der Waals surface area contributed by atoms with Crippen molar-refractivity contribution in [3.63, 3.8) is 0 Å². The third-order valence-corrected chi connectivity index (χ3v) is 6.16. The molecule has 2 amide bonds. The van der Waals surface area contributed by atoms with Crippen molar-refractivity contribution in [2.45, 2.75) is 13.0 Å². The predicted molar refractivity (Wildman–Crippen MR) is 99.4 cm³/mol. The van der Waals surface area contributed by atoms with E-state index in [0.717, 1.165) is 44.8 Å². The van der Waals surface area contributed by atoms with Gasteiger partial charge in [0.05, 0.1) is 12.6 Å². The molecule has 1 N–H and O–H groups in total. The number of hydrogen-bond donors (Lipinski definition) is 1. The Morgan fingerprint density at radius 3 is 2.67 bits per heavy atom. The molecule has 0 spiro atoms. The SMILES string of the molecule is CC(=O)N1C[C@H]2CN(CC(=O)N3CCNCC3)C[C@H]2[C@H]1c1cccc(F)c1. The van der Waals surface area contributed by atoms with E-state index in [-0.39, 0.29) is 29.6 Å². The van der Waals surface area contributed by atoms with Crippen molar-refractivity contribution < 1.29 is 14.0 Å². The molecule has 1 aromatic carbocycles. The quantitative estimate of drug-likeness (QED) is 0.847. The summed E-state index contributed by atoms with van der Waals surface area (Å²) in [5, 5.41) is 3.26. The summed E-state index contributed by atoms with van der Waals surface area (Å²) in [6, 6.07) is 6.47. The summed E-state index contributed by atoms with van der Waals surface area (Å²) >= 11 is 0. The van der Waals surface area contributed by atoms with Crippen LogP contribution in [-0.2, 0) is 9.59 Å². The van der Waals surface area contributed by atoms with Crippen LogP contribution in [0.2, 0.25) is 0 Å². The van der Waals surface area contributed by atoms with Crippen LogP contribution >= 0.6 is 0 Å². The van der Waals surface area contributed by atoms with Crippen LogP contribution in [0.5, 0.6) is 0 Å². The standard InChI is InChI=1S/C20H27FN4O2/c1-14(26)25-11-16-10-23(13-19(27)24-7-5-22-6-8-24)12-18(16)20(25)15-3-2-4-17(21)9-15/h2-4,9,16,18,20,22H,5-8,10-13H2,1H3/t16-,18-,20-/m1/s1. The number of rotatable bonds is 3. The van der Waals surface area contributed by atoms with Crippen LogP contribution in [0, 0.1) is 17.7 Å². The van der Waals surface area contributed by atoms with Crippen molar-refractivity contribution in [2.24, 2.45) is 11.8 Å². The number of hydrogen-bond acceptors (Lipinski definition) is 4. The Kier molecular flexibility index (Phi) is 5.14. The number of likely N-dealkylation sites (tertiary alicyclic amines) is 2. The van der Waals surface area contributed by atoms with Gasteiger partial charge in [0, 0.05) is 58.7 Å². The van der Waals surface area contributed by atoms with E-state index in [4.69, 9.17) is 0 Å². The molecule has 3 fully saturated rings. The molecule has 0 saturated carbocycles. The summed E-state index contributed by atoms with van der Waals surface area (Å²) in [5.74, 6) is 0.511. The maximum Gasteiger partial charge on any atom is 0.236 e. The highest BCUT2D eigenvalue weighted by atomic mass is 19.1. The number of piperazine rings is 1. The first-order chi connectivity index (χ1) is 13.0. The molecular weight excluding hydrogens is 347 g/mol. The lowest BCUT2D eigenvalue weighted by Gasteiger charge is -2.31. The maximum absolute atomic E-state index is 13.8. The first-order valence-corrected chi connectivity index (χ1v) is 9.76. The lowest BCUT2D eigenvalue weighted by atomic mass is 9.89. The fourth-order valence-electron chi connectivity index (χ4n) is 4.91. The molecular formula is C20H27FN4O2. The van der Waals surface area contributed by atoms with Crippen LogP contribution in [0.1, 0.15) is 18.5 Å². The van der Waals surface area contributed by atoms with Crippen molar-refractivity contribution in [3.05, 3.63) is 35.6 Å². The van der Waals surface area contributed by atoms with Gasteiger partial charge in [-0.15, -0.1) is 0 Å². The largest absolute Gasteiger partial charge is 0.339 e. The normalized spacial score (nSPS) is 28.4. The topological polar surface area (TPSA) is 55.9 Å². The van der Waals surface area contributed by atoms with E-state index in [9.17, 15) is 14.0 Å². The number of nitrogens with one attached hydrogen (secondary N) is 1. The third-order valence-electron chi connectivity index (χ3n) is 6.16. The number of amides is 2. The zero-order chi connectivity index (χ0) is 19.0. The smallest absolute Gasteiger partial charge is 0.236 e. The van der Waals surface area contributed by atoms with Crippen LogP contribution in [0.4, 0.5) is 4.39 Å². The molecule has 0 radical (unpaired) electrons.